The fourth-order valence-corrected chi connectivity index (χ4v) is 2.66. The normalized spacial score (nSPS) is 13.5. The van der Waals surface area contributed by atoms with E-state index in [9.17, 15) is 4.79 Å². The van der Waals surface area contributed by atoms with Crippen molar-refractivity contribution in [2.45, 2.75) is 19.9 Å². The Labute approximate surface area is 125 Å². The molecule has 1 N–H and O–H groups in total. The van der Waals surface area contributed by atoms with Gasteiger partial charge in [-0.2, -0.15) is 5.10 Å². The number of nitrogens with one attached hydrogen (secondary N) is 1. The maximum Gasteiger partial charge on any atom is 0.262 e. The maximum absolute atomic E-state index is 12.3. The van der Waals surface area contributed by atoms with Gasteiger partial charge in [0.15, 0.2) is 0 Å². The van der Waals surface area contributed by atoms with Gasteiger partial charge < -0.3 is 10.1 Å². The molecular formula is C14H14BrN3O2. The van der Waals surface area contributed by atoms with E-state index in [0.29, 0.717) is 18.1 Å². The highest BCUT2D eigenvalue weighted by molar-refractivity contribution is 9.10. The van der Waals surface area contributed by atoms with E-state index in [4.69, 9.17) is 4.74 Å². The van der Waals surface area contributed by atoms with E-state index in [2.05, 4.69) is 26.3 Å². The van der Waals surface area contributed by atoms with Gasteiger partial charge >= 0.3 is 0 Å². The van der Waals surface area contributed by atoms with Gasteiger partial charge in [-0.3, -0.25) is 4.79 Å². The molecule has 5 nitrogen and oxygen atoms in total. The van der Waals surface area contributed by atoms with Crippen molar-refractivity contribution >= 4 is 27.5 Å². The SMILES string of the molecule is Cc1cc(Br)ccc1NC(=O)c1cnn2c1OCCC2. The predicted molar refractivity (Wildman–Crippen MR) is 79.2 cm³/mol. The Balaban J connectivity index is 1.84. The molecule has 1 aromatic carbocycles. The van der Waals surface area contributed by atoms with Crippen molar-refractivity contribution in [1.82, 2.24) is 9.78 Å². The molecule has 0 fully saturated rings. The maximum atomic E-state index is 12.3. The smallest absolute Gasteiger partial charge is 0.262 e. The first kappa shape index (κ1) is 13.2. The van der Waals surface area contributed by atoms with Crippen LogP contribution in [-0.2, 0) is 6.54 Å². The molecule has 6 heteroatoms. The van der Waals surface area contributed by atoms with Gasteiger partial charge in [0.05, 0.1) is 12.8 Å². The summed E-state index contributed by atoms with van der Waals surface area (Å²) >= 11 is 3.40. The topological polar surface area (TPSA) is 56.2 Å². The second kappa shape index (κ2) is 5.28. The summed E-state index contributed by atoms with van der Waals surface area (Å²) in [6, 6.07) is 5.72. The number of carbonyl (C=O) groups is 1. The highest BCUT2D eigenvalue weighted by atomic mass is 79.9. The highest BCUT2D eigenvalue weighted by Crippen LogP contribution is 2.25. The number of ether oxygens (including phenoxy) is 1. The summed E-state index contributed by atoms with van der Waals surface area (Å²) in [5, 5.41) is 7.08. The number of aryl methyl sites for hydroxylation is 2. The lowest BCUT2D eigenvalue weighted by molar-refractivity contribution is 0.102. The van der Waals surface area contributed by atoms with Gasteiger partial charge in [-0.1, -0.05) is 15.9 Å². The molecule has 0 radical (unpaired) electrons. The predicted octanol–water partition coefficient (Wildman–Crippen LogP) is 2.99. The van der Waals surface area contributed by atoms with Crippen LogP contribution in [0.2, 0.25) is 0 Å². The Kier molecular flexibility index (Phi) is 3.48. The summed E-state index contributed by atoms with van der Waals surface area (Å²) in [6.45, 7) is 3.37. The van der Waals surface area contributed by atoms with Crippen molar-refractivity contribution in [3.8, 4) is 5.88 Å². The molecule has 0 saturated carbocycles. The van der Waals surface area contributed by atoms with Crippen LogP contribution >= 0.6 is 15.9 Å². The van der Waals surface area contributed by atoms with Gasteiger partial charge in [0, 0.05) is 23.1 Å². The minimum absolute atomic E-state index is 0.196. The van der Waals surface area contributed by atoms with Crippen LogP contribution in [0.3, 0.4) is 0 Å². The lowest BCUT2D eigenvalue weighted by Crippen LogP contribution is -2.18. The second-order valence-corrected chi connectivity index (χ2v) is 5.62. The number of nitrogens with zero attached hydrogens (tertiary/aromatic N) is 2. The summed E-state index contributed by atoms with van der Waals surface area (Å²) in [4.78, 5) is 12.3. The zero-order valence-corrected chi connectivity index (χ0v) is 12.6. The molecule has 0 spiro atoms. The van der Waals surface area contributed by atoms with Crippen molar-refractivity contribution < 1.29 is 9.53 Å². The van der Waals surface area contributed by atoms with Gasteiger partial charge in [-0.05, 0) is 30.7 Å². The molecule has 0 atom stereocenters. The standard InChI is InChI=1S/C14H14BrN3O2/c1-9-7-10(15)3-4-12(9)17-13(19)11-8-16-18-5-2-6-20-14(11)18/h3-4,7-8H,2,5-6H2,1H3,(H,17,19). The number of amides is 1. The summed E-state index contributed by atoms with van der Waals surface area (Å²) in [5.41, 5.74) is 2.26. The molecule has 0 unspecified atom stereocenters. The minimum Gasteiger partial charge on any atom is -0.477 e. The van der Waals surface area contributed by atoms with Crippen LogP contribution < -0.4 is 10.1 Å². The zero-order valence-electron chi connectivity index (χ0n) is 11.0. The second-order valence-electron chi connectivity index (χ2n) is 4.70. The van der Waals surface area contributed by atoms with Gasteiger partial charge in [0.25, 0.3) is 5.91 Å². The molecule has 1 aliphatic rings. The van der Waals surface area contributed by atoms with Gasteiger partial charge in [-0.25, -0.2) is 4.68 Å². The monoisotopic (exact) mass is 335 g/mol. The number of aromatic nitrogens is 2. The molecule has 0 bridgehead atoms. The lowest BCUT2D eigenvalue weighted by atomic mass is 10.2. The number of carbonyl (C=O) groups excluding carboxylic acids is 1. The van der Waals surface area contributed by atoms with Crippen molar-refractivity contribution in [2.75, 3.05) is 11.9 Å². The van der Waals surface area contributed by atoms with Crippen LogP contribution in [0.15, 0.2) is 28.9 Å². The third kappa shape index (κ3) is 2.43. The molecule has 2 aromatic rings. The number of hydrogen-bond acceptors (Lipinski definition) is 3. The number of benzene rings is 1. The fourth-order valence-electron chi connectivity index (χ4n) is 2.18. The van der Waals surface area contributed by atoms with E-state index in [1.165, 1.54) is 0 Å². The number of halogens is 1. The first-order valence-electron chi connectivity index (χ1n) is 6.41. The first-order valence-corrected chi connectivity index (χ1v) is 7.20. The van der Waals surface area contributed by atoms with Gasteiger partial charge in [0.2, 0.25) is 5.88 Å². The molecule has 20 heavy (non-hydrogen) atoms. The Morgan fingerprint density at radius 2 is 2.35 bits per heavy atom. The van der Waals surface area contributed by atoms with Crippen LogP contribution in [0.5, 0.6) is 5.88 Å². The third-order valence-corrected chi connectivity index (χ3v) is 3.72. The van der Waals surface area contributed by atoms with Gasteiger partial charge in [-0.15, -0.1) is 0 Å². The number of fused-ring (bicyclic) bond motifs is 1. The minimum atomic E-state index is -0.196. The van der Waals surface area contributed by atoms with Crippen molar-refractivity contribution in [1.29, 1.82) is 0 Å². The van der Waals surface area contributed by atoms with Gasteiger partial charge in [0.1, 0.15) is 5.56 Å². The molecular weight excluding hydrogens is 322 g/mol. The number of rotatable bonds is 2. The number of anilines is 1. The molecule has 0 aliphatic carbocycles. The lowest BCUT2D eigenvalue weighted by Gasteiger charge is -2.16. The fraction of sp³-hybridized carbons (Fsp3) is 0.286. The van der Waals surface area contributed by atoms with Crippen LogP contribution in [-0.4, -0.2) is 22.3 Å². The van der Waals surface area contributed by atoms with E-state index in [1.807, 2.05) is 25.1 Å². The summed E-state index contributed by atoms with van der Waals surface area (Å²) in [6.07, 6.45) is 2.48. The molecule has 0 saturated heterocycles. The third-order valence-electron chi connectivity index (χ3n) is 3.23. The van der Waals surface area contributed by atoms with E-state index in [-0.39, 0.29) is 5.91 Å². The molecule has 2 heterocycles. The van der Waals surface area contributed by atoms with Crippen LogP contribution in [0, 0.1) is 6.92 Å². The highest BCUT2D eigenvalue weighted by Gasteiger charge is 2.21. The Morgan fingerprint density at radius 1 is 1.50 bits per heavy atom. The summed E-state index contributed by atoms with van der Waals surface area (Å²) < 4.78 is 8.25. The quantitative estimate of drug-likeness (QED) is 0.917. The van der Waals surface area contributed by atoms with Crippen LogP contribution in [0.4, 0.5) is 5.69 Å². The zero-order chi connectivity index (χ0) is 14.1. The largest absolute Gasteiger partial charge is 0.477 e. The van der Waals surface area contributed by atoms with E-state index in [0.717, 1.165) is 28.7 Å². The molecule has 1 aromatic heterocycles. The Morgan fingerprint density at radius 3 is 3.15 bits per heavy atom. The van der Waals surface area contributed by atoms with Crippen molar-refractivity contribution in [2.24, 2.45) is 0 Å². The molecule has 1 amide bonds. The Hall–Kier alpha value is -1.82. The summed E-state index contributed by atoms with van der Waals surface area (Å²) in [7, 11) is 0. The molecule has 1 aliphatic heterocycles. The summed E-state index contributed by atoms with van der Waals surface area (Å²) in [5.74, 6) is 0.363. The molecule has 104 valence electrons. The van der Waals surface area contributed by atoms with Crippen LogP contribution in [0.25, 0.3) is 0 Å². The average Bonchev–Trinajstić information content (AvgIpc) is 2.86. The van der Waals surface area contributed by atoms with E-state index >= 15 is 0 Å². The molecule has 3 rings (SSSR count). The van der Waals surface area contributed by atoms with E-state index < -0.39 is 0 Å². The van der Waals surface area contributed by atoms with Crippen molar-refractivity contribution in [3.05, 3.63) is 40.0 Å². The van der Waals surface area contributed by atoms with E-state index in [1.54, 1.807) is 10.9 Å². The average molecular weight is 336 g/mol. The van der Waals surface area contributed by atoms with Crippen molar-refractivity contribution in [3.63, 3.8) is 0 Å². The first-order chi connectivity index (χ1) is 9.65. The Bertz CT molecular complexity index is 666. The van der Waals surface area contributed by atoms with Crippen LogP contribution in [0.1, 0.15) is 22.3 Å². The number of hydrogen-bond donors (Lipinski definition) is 1.